The van der Waals surface area contributed by atoms with Gasteiger partial charge in [0.05, 0.1) is 0 Å². The van der Waals surface area contributed by atoms with Crippen LogP contribution in [0.25, 0.3) is 0 Å². The summed E-state index contributed by atoms with van der Waals surface area (Å²) in [5.74, 6) is 4.18. The predicted molar refractivity (Wildman–Crippen MR) is 150 cm³/mol. The summed E-state index contributed by atoms with van der Waals surface area (Å²) in [6, 6.07) is 22.6. The summed E-state index contributed by atoms with van der Waals surface area (Å²) < 4.78 is 0. The van der Waals surface area contributed by atoms with E-state index in [1.54, 1.807) is 0 Å². The Morgan fingerprint density at radius 2 is 1.21 bits per heavy atom. The maximum absolute atomic E-state index is 9.81. The molecule has 2 aromatic rings. The smallest absolute Gasteiger partial charge is 0.0431 e. The van der Waals surface area contributed by atoms with Gasteiger partial charge in [0.2, 0.25) is 0 Å². The molecular formula is C32H47OP. The van der Waals surface area contributed by atoms with Crippen LogP contribution in [0.4, 0.5) is 0 Å². The van der Waals surface area contributed by atoms with Crippen LogP contribution in [0.2, 0.25) is 0 Å². The summed E-state index contributed by atoms with van der Waals surface area (Å²) in [5.41, 5.74) is 0. The molecule has 4 rings (SSSR count). The van der Waals surface area contributed by atoms with Gasteiger partial charge in [-0.15, -0.1) is 0 Å². The van der Waals surface area contributed by atoms with E-state index in [0.717, 1.165) is 30.1 Å². The number of benzene rings is 2. The van der Waals surface area contributed by atoms with Gasteiger partial charge in [-0.25, -0.2) is 0 Å². The first kappa shape index (κ1) is 25.9. The molecule has 0 spiro atoms. The van der Waals surface area contributed by atoms with Crippen LogP contribution in [-0.4, -0.2) is 17.9 Å². The number of hydrogen-bond acceptors (Lipinski definition) is 1. The molecule has 0 aliphatic heterocycles. The van der Waals surface area contributed by atoms with Gasteiger partial charge in [0.1, 0.15) is 0 Å². The van der Waals surface area contributed by atoms with Crippen LogP contribution >= 0.6 is 7.92 Å². The Labute approximate surface area is 210 Å². The zero-order chi connectivity index (χ0) is 23.6. The third-order valence-electron chi connectivity index (χ3n) is 9.02. The van der Waals surface area contributed by atoms with E-state index >= 15 is 0 Å². The summed E-state index contributed by atoms with van der Waals surface area (Å²) in [5, 5.41) is 12.8. The third kappa shape index (κ3) is 6.95. The van der Waals surface area contributed by atoms with Gasteiger partial charge in [-0.2, -0.15) is 0 Å². The van der Waals surface area contributed by atoms with Gasteiger partial charge in [0.25, 0.3) is 0 Å². The van der Waals surface area contributed by atoms with Crippen molar-refractivity contribution in [3.63, 3.8) is 0 Å². The zero-order valence-electron chi connectivity index (χ0n) is 21.5. The lowest BCUT2D eigenvalue weighted by Crippen LogP contribution is -2.37. The lowest BCUT2D eigenvalue weighted by molar-refractivity contribution is 0.0660. The van der Waals surface area contributed by atoms with Crippen molar-refractivity contribution in [2.24, 2.45) is 29.6 Å². The van der Waals surface area contributed by atoms with Crippen LogP contribution in [0.1, 0.15) is 84.0 Å². The van der Waals surface area contributed by atoms with Crippen molar-refractivity contribution in [1.82, 2.24) is 0 Å². The molecular weight excluding hydrogens is 431 g/mol. The molecule has 2 aliphatic rings. The van der Waals surface area contributed by atoms with Crippen molar-refractivity contribution in [3.8, 4) is 0 Å². The van der Waals surface area contributed by atoms with Crippen LogP contribution in [0.5, 0.6) is 0 Å². The molecule has 2 aromatic carbocycles. The normalized spacial score (nSPS) is 20.0. The van der Waals surface area contributed by atoms with Crippen molar-refractivity contribution >= 4 is 18.5 Å². The second-order valence-corrected chi connectivity index (χ2v) is 13.4. The maximum Gasteiger partial charge on any atom is 0.0431 e. The summed E-state index contributed by atoms with van der Waals surface area (Å²) in [6.07, 6.45) is 17.9. The fraction of sp³-hybridized carbons (Fsp3) is 0.625. The van der Waals surface area contributed by atoms with Gasteiger partial charge in [-0.05, 0) is 67.1 Å². The maximum atomic E-state index is 9.81. The molecule has 186 valence electrons. The number of hydrogen-bond donors (Lipinski definition) is 1. The molecule has 1 nitrogen and oxygen atoms in total. The highest BCUT2D eigenvalue weighted by molar-refractivity contribution is 7.73. The van der Waals surface area contributed by atoms with Crippen LogP contribution < -0.4 is 10.6 Å². The minimum atomic E-state index is -0.381. The monoisotopic (exact) mass is 478 g/mol. The minimum absolute atomic E-state index is 0.329. The Balaban J connectivity index is 1.62. The molecule has 0 radical (unpaired) electrons. The Morgan fingerprint density at radius 3 is 1.65 bits per heavy atom. The van der Waals surface area contributed by atoms with E-state index in [-0.39, 0.29) is 7.92 Å². The Kier molecular flexibility index (Phi) is 10.5. The fourth-order valence-electron chi connectivity index (χ4n) is 7.28. The molecule has 0 amide bonds. The van der Waals surface area contributed by atoms with Crippen molar-refractivity contribution in [3.05, 3.63) is 60.7 Å². The second kappa shape index (κ2) is 13.8. The molecule has 2 atom stereocenters. The highest BCUT2D eigenvalue weighted by Gasteiger charge is 2.38. The van der Waals surface area contributed by atoms with E-state index in [0.29, 0.717) is 12.5 Å². The molecule has 2 heteroatoms. The molecule has 34 heavy (non-hydrogen) atoms. The summed E-state index contributed by atoms with van der Waals surface area (Å²) in [4.78, 5) is 0. The van der Waals surface area contributed by atoms with Gasteiger partial charge in [0.15, 0.2) is 0 Å². The Morgan fingerprint density at radius 1 is 0.735 bits per heavy atom. The molecule has 0 aromatic heterocycles. The lowest BCUT2D eigenvalue weighted by Gasteiger charge is -2.44. The van der Waals surface area contributed by atoms with Crippen LogP contribution in [0.15, 0.2) is 60.7 Å². The van der Waals surface area contributed by atoms with Gasteiger partial charge >= 0.3 is 0 Å². The van der Waals surface area contributed by atoms with E-state index in [9.17, 15) is 5.11 Å². The standard InChI is InChI=1S/C32H47OP/c1-26(32(27-15-6-2-7-16-27)28-17-8-3-9-18-28)29(19-14-24-33)25-34(30-20-10-4-11-21-30)31-22-12-5-13-23-31/h4-5,10-13,20-23,26-29,32-33H,2-3,6-9,14-19,24-25H2,1H3/t26-,29?/m0/s1. The van der Waals surface area contributed by atoms with E-state index in [4.69, 9.17) is 0 Å². The van der Waals surface area contributed by atoms with Gasteiger partial charge in [0, 0.05) is 6.61 Å². The summed E-state index contributed by atoms with van der Waals surface area (Å²) in [7, 11) is -0.381. The number of aliphatic hydroxyl groups is 1. The zero-order valence-corrected chi connectivity index (χ0v) is 22.3. The summed E-state index contributed by atoms with van der Waals surface area (Å²) >= 11 is 0. The van der Waals surface area contributed by atoms with Gasteiger partial charge in [-0.3, -0.25) is 0 Å². The highest BCUT2D eigenvalue weighted by Crippen LogP contribution is 2.48. The van der Waals surface area contributed by atoms with Crippen LogP contribution in [-0.2, 0) is 0 Å². The second-order valence-electron chi connectivity index (χ2n) is 11.1. The fourth-order valence-corrected chi connectivity index (χ4v) is 10.0. The third-order valence-corrected chi connectivity index (χ3v) is 11.7. The molecule has 1 N–H and O–H groups in total. The highest BCUT2D eigenvalue weighted by atomic mass is 31.1. The van der Waals surface area contributed by atoms with Crippen molar-refractivity contribution in [2.75, 3.05) is 12.8 Å². The quantitative estimate of drug-likeness (QED) is 0.325. The molecule has 1 unspecified atom stereocenters. The van der Waals surface area contributed by atoms with Crippen LogP contribution in [0, 0.1) is 29.6 Å². The van der Waals surface area contributed by atoms with E-state index in [2.05, 4.69) is 67.6 Å². The van der Waals surface area contributed by atoms with Crippen LogP contribution in [0.3, 0.4) is 0 Å². The SMILES string of the molecule is C[C@@H](C(CCCO)CP(c1ccccc1)c1ccccc1)C(C1CCCCC1)C1CCCCC1. The van der Waals surface area contributed by atoms with E-state index < -0.39 is 0 Å². The first-order valence-corrected chi connectivity index (χ1v) is 15.8. The van der Waals surface area contributed by atoms with E-state index in [1.165, 1.54) is 87.4 Å². The van der Waals surface area contributed by atoms with Gasteiger partial charge in [-0.1, -0.05) is 132 Å². The topological polar surface area (TPSA) is 20.2 Å². The largest absolute Gasteiger partial charge is 0.396 e. The van der Waals surface area contributed by atoms with Gasteiger partial charge < -0.3 is 5.11 Å². The molecule has 2 saturated carbocycles. The average Bonchev–Trinajstić information content (AvgIpc) is 2.91. The Bertz CT molecular complexity index is 737. The van der Waals surface area contributed by atoms with E-state index in [1.807, 2.05) is 0 Å². The van der Waals surface area contributed by atoms with Crippen molar-refractivity contribution < 1.29 is 5.11 Å². The summed E-state index contributed by atoms with van der Waals surface area (Å²) in [6.45, 7) is 2.95. The molecule has 0 saturated heterocycles. The first-order valence-electron chi connectivity index (χ1n) is 14.3. The van der Waals surface area contributed by atoms with Crippen molar-refractivity contribution in [2.45, 2.75) is 84.0 Å². The van der Waals surface area contributed by atoms with Crippen molar-refractivity contribution in [1.29, 1.82) is 0 Å². The first-order chi connectivity index (χ1) is 16.8. The average molecular weight is 479 g/mol. The predicted octanol–water partition coefficient (Wildman–Crippen LogP) is 7.92. The molecule has 2 fully saturated rings. The molecule has 2 aliphatic carbocycles. The minimum Gasteiger partial charge on any atom is -0.396 e. The molecule has 0 heterocycles. The number of aliphatic hydroxyl groups excluding tert-OH is 1. The number of rotatable bonds is 11. The lowest BCUT2D eigenvalue weighted by atomic mass is 9.62. The molecule has 0 bridgehead atoms. The Hall–Kier alpha value is -1.17.